The third-order valence-corrected chi connectivity index (χ3v) is 5.57. The van der Waals surface area contributed by atoms with Crippen molar-refractivity contribution in [2.75, 3.05) is 31.4 Å². The molecule has 0 saturated carbocycles. The number of benzene rings is 1. The maximum Gasteiger partial charge on any atom is 0.390 e. The normalized spacial score (nSPS) is 11.3. The number of aryl methyl sites for hydroxylation is 1. The maximum absolute atomic E-state index is 12.9. The van der Waals surface area contributed by atoms with E-state index in [0.29, 0.717) is 40.4 Å². The van der Waals surface area contributed by atoms with Gasteiger partial charge >= 0.3 is 6.18 Å². The molecule has 1 aromatic carbocycles. The number of aromatic nitrogens is 4. The summed E-state index contributed by atoms with van der Waals surface area (Å²) in [5.41, 5.74) is 0.825. The Morgan fingerprint density at radius 3 is 2.49 bits per heavy atom. The van der Waals surface area contributed by atoms with Gasteiger partial charge in [0.05, 0.1) is 38.0 Å². The number of hydrogen-bond donors (Lipinski definition) is 2. The van der Waals surface area contributed by atoms with Gasteiger partial charge in [-0.1, -0.05) is 6.92 Å². The molecular weight excluding hydrogens is 517 g/mol. The van der Waals surface area contributed by atoms with Crippen LogP contribution >= 0.6 is 0 Å². The van der Waals surface area contributed by atoms with E-state index in [1.165, 1.54) is 31.3 Å². The second-order valence-electron chi connectivity index (χ2n) is 8.42. The number of nitrogens with one attached hydrogen (secondary N) is 2. The van der Waals surface area contributed by atoms with E-state index in [0.717, 1.165) is 6.42 Å². The fourth-order valence-electron chi connectivity index (χ4n) is 3.75. The molecule has 0 fully saturated rings. The quantitative estimate of drug-likeness (QED) is 0.249. The zero-order chi connectivity index (χ0) is 28.0. The summed E-state index contributed by atoms with van der Waals surface area (Å²) < 4.78 is 55.9. The third kappa shape index (κ3) is 6.86. The minimum atomic E-state index is -4.32. The molecular formula is C26H27F3N6O4. The summed E-state index contributed by atoms with van der Waals surface area (Å²) in [6.45, 7) is 2.05. The van der Waals surface area contributed by atoms with E-state index in [-0.39, 0.29) is 23.7 Å². The van der Waals surface area contributed by atoms with Crippen molar-refractivity contribution >= 4 is 28.3 Å². The molecule has 0 saturated heterocycles. The summed E-state index contributed by atoms with van der Waals surface area (Å²) in [6, 6.07) is 8.36. The molecule has 0 spiro atoms. The highest BCUT2D eigenvalue weighted by Crippen LogP contribution is 2.36. The number of halogens is 3. The van der Waals surface area contributed by atoms with Crippen LogP contribution in [0.15, 0.2) is 48.9 Å². The molecule has 1 amide bonds. The molecule has 10 nitrogen and oxygen atoms in total. The van der Waals surface area contributed by atoms with Crippen molar-refractivity contribution in [1.29, 1.82) is 0 Å². The Kier molecular flexibility index (Phi) is 8.37. The lowest BCUT2D eigenvalue weighted by Crippen LogP contribution is -2.18. The minimum Gasteiger partial charge on any atom is -0.493 e. The third-order valence-electron chi connectivity index (χ3n) is 5.57. The van der Waals surface area contributed by atoms with Gasteiger partial charge in [0, 0.05) is 36.9 Å². The fourth-order valence-corrected chi connectivity index (χ4v) is 3.75. The Morgan fingerprint density at radius 2 is 1.82 bits per heavy atom. The average molecular weight is 545 g/mol. The number of fused-ring (bicyclic) bond motifs is 1. The van der Waals surface area contributed by atoms with E-state index in [1.807, 2.05) is 6.92 Å². The van der Waals surface area contributed by atoms with Gasteiger partial charge in [0.25, 0.3) is 5.91 Å². The number of methoxy groups -OCH3 is 2. The van der Waals surface area contributed by atoms with Crippen molar-refractivity contribution < 1.29 is 32.2 Å². The maximum atomic E-state index is 12.9. The molecule has 0 radical (unpaired) electrons. The summed E-state index contributed by atoms with van der Waals surface area (Å²) in [7, 11) is 3.07. The minimum absolute atomic E-state index is 0.0274. The van der Waals surface area contributed by atoms with Crippen LogP contribution in [0.3, 0.4) is 0 Å². The first-order chi connectivity index (χ1) is 18.7. The highest BCUT2D eigenvalue weighted by molar-refractivity contribution is 6.06. The lowest BCUT2D eigenvalue weighted by atomic mass is 10.2. The molecule has 0 unspecified atom stereocenters. The molecule has 4 aromatic rings. The van der Waals surface area contributed by atoms with Crippen LogP contribution in [0.2, 0.25) is 0 Å². The Labute approximate surface area is 222 Å². The largest absolute Gasteiger partial charge is 0.493 e. The van der Waals surface area contributed by atoms with E-state index in [1.54, 1.807) is 36.5 Å². The van der Waals surface area contributed by atoms with Crippen molar-refractivity contribution in [3.05, 3.63) is 54.6 Å². The van der Waals surface area contributed by atoms with Crippen molar-refractivity contribution in [2.24, 2.45) is 0 Å². The van der Waals surface area contributed by atoms with E-state index in [4.69, 9.17) is 14.2 Å². The van der Waals surface area contributed by atoms with Crippen LogP contribution < -0.4 is 24.8 Å². The predicted octanol–water partition coefficient (Wildman–Crippen LogP) is 5.66. The number of hydrogen-bond acceptors (Lipinski definition) is 8. The monoisotopic (exact) mass is 544 g/mol. The van der Waals surface area contributed by atoms with Crippen molar-refractivity contribution in [1.82, 2.24) is 19.7 Å². The second-order valence-corrected chi connectivity index (χ2v) is 8.42. The zero-order valence-corrected chi connectivity index (χ0v) is 21.5. The van der Waals surface area contributed by atoms with Crippen molar-refractivity contribution in [2.45, 2.75) is 32.5 Å². The van der Waals surface area contributed by atoms with Crippen LogP contribution in [0.1, 0.15) is 30.3 Å². The van der Waals surface area contributed by atoms with Gasteiger partial charge in [-0.15, -0.1) is 0 Å². The van der Waals surface area contributed by atoms with Crippen LogP contribution in [0.5, 0.6) is 23.0 Å². The first kappa shape index (κ1) is 27.5. The summed E-state index contributed by atoms with van der Waals surface area (Å²) >= 11 is 0. The molecule has 0 bridgehead atoms. The smallest absolute Gasteiger partial charge is 0.390 e. The molecule has 4 rings (SSSR count). The number of carbonyl (C=O) groups excluding carboxylic acids is 1. The number of amides is 1. The first-order valence-corrected chi connectivity index (χ1v) is 12.0. The number of pyridine rings is 2. The number of ether oxygens (including phenoxy) is 3. The van der Waals surface area contributed by atoms with Crippen molar-refractivity contribution in [3.8, 4) is 23.0 Å². The van der Waals surface area contributed by atoms with Gasteiger partial charge in [-0.25, -0.2) is 4.98 Å². The molecule has 39 heavy (non-hydrogen) atoms. The zero-order valence-electron chi connectivity index (χ0n) is 21.5. The molecule has 2 N–H and O–H groups in total. The number of nitrogens with zero attached hydrogens (tertiary/aromatic N) is 4. The SMILES string of the molecule is CCCn1cc(NCCC(F)(F)F)c(C(=O)Nc2ccc(Oc3ccnc4cc(OC)c(OC)cc34)cn2)n1. The number of alkyl halides is 3. The van der Waals surface area contributed by atoms with Gasteiger partial charge in [0.2, 0.25) is 0 Å². The summed E-state index contributed by atoms with van der Waals surface area (Å²) in [6.07, 6.45) is -0.0683. The molecule has 0 atom stereocenters. The van der Waals surface area contributed by atoms with Gasteiger partial charge in [0.15, 0.2) is 17.2 Å². The Hall–Kier alpha value is -4.55. The van der Waals surface area contributed by atoms with Gasteiger partial charge in [0.1, 0.15) is 17.3 Å². The molecule has 0 aliphatic heterocycles. The van der Waals surface area contributed by atoms with Crippen LogP contribution in [0, 0.1) is 0 Å². The Bertz CT molecular complexity index is 1440. The highest BCUT2D eigenvalue weighted by atomic mass is 19.4. The first-order valence-electron chi connectivity index (χ1n) is 12.0. The van der Waals surface area contributed by atoms with E-state index >= 15 is 0 Å². The van der Waals surface area contributed by atoms with Crippen LogP contribution in [0.4, 0.5) is 24.7 Å². The van der Waals surface area contributed by atoms with Crippen LogP contribution in [0.25, 0.3) is 10.9 Å². The lowest BCUT2D eigenvalue weighted by molar-refractivity contribution is -0.131. The molecule has 0 aliphatic carbocycles. The standard InChI is InChI=1S/C26H27F3N6O4/c1-4-11-35-15-19(31-10-8-26(27,28)29)24(34-35)25(36)33-23-6-5-16(14-32-23)39-20-7-9-30-18-13-22(38-3)21(37-2)12-17(18)20/h5-7,9,12-15,31H,4,8,10-11H2,1-3H3,(H,32,33,36). The molecule has 13 heteroatoms. The molecule has 206 valence electrons. The van der Waals surface area contributed by atoms with Crippen LogP contribution in [-0.4, -0.2) is 52.6 Å². The summed E-state index contributed by atoms with van der Waals surface area (Å²) in [5, 5.41) is 10.2. The number of carbonyl (C=O) groups is 1. The van der Waals surface area contributed by atoms with Gasteiger partial charge < -0.3 is 24.8 Å². The highest BCUT2D eigenvalue weighted by Gasteiger charge is 2.27. The van der Waals surface area contributed by atoms with Crippen molar-refractivity contribution in [3.63, 3.8) is 0 Å². The summed E-state index contributed by atoms with van der Waals surface area (Å²) in [5.74, 6) is 1.57. The Balaban J connectivity index is 1.48. The summed E-state index contributed by atoms with van der Waals surface area (Å²) in [4.78, 5) is 21.5. The molecule has 3 aromatic heterocycles. The molecule has 3 heterocycles. The predicted molar refractivity (Wildman–Crippen MR) is 139 cm³/mol. The van der Waals surface area contributed by atoms with E-state index in [2.05, 4.69) is 25.7 Å². The number of anilines is 2. The van der Waals surface area contributed by atoms with E-state index in [9.17, 15) is 18.0 Å². The lowest BCUT2D eigenvalue weighted by Gasteiger charge is -2.12. The average Bonchev–Trinajstić information content (AvgIpc) is 3.31. The second kappa shape index (κ2) is 11.9. The number of rotatable bonds is 11. The Morgan fingerprint density at radius 1 is 1.05 bits per heavy atom. The van der Waals surface area contributed by atoms with Gasteiger partial charge in [-0.3, -0.25) is 14.5 Å². The van der Waals surface area contributed by atoms with E-state index < -0.39 is 18.5 Å². The van der Waals surface area contributed by atoms with Gasteiger partial charge in [-0.2, -0.15) is 18.3 Å². The van der Waals surface area contributed by atoms with Crippen LogP contribution in [-0.2, 0) is 6.54 Å². The topological polar surface area (TPSA) is 112 Å². The molecule has 0 aliphatic rings. The van der Waals surface area contributed by atoms with Gasteiger partial charge in [-0.05, 0) is 30.7 Å². The fraction of sp³-hybridized carbons (Fsp3) is 0.308.